The van der Waals surface area contributed by atoms with Gasteiger partial charge < -0.3 is 15.2 Å². The van der Waals surface area contributed by atoms with Gasteiger partial charge in [-0.25, -0.2) is 4.98 Å². The number of piperazine rings is 1. The molecular formula is C11H19N5O. The van der Waals surface area contributed by atoms with Crippen molar-refractivity contribution in [2.24, 2.45) is 0 Å². The van der Waals surface area contributed by atoms with Gasteiger partial charge in [-0.05, 0) is 14.1 Å². The SMILES string of the molecule is CN1CCN(C)C(CNc2cc(=O)[nH]cn2)C1. The van der Waals surface area contributed by atoms with Crippen LogP contribution in [0, 0.1) is 0 Å². The highest BCUT2D eigenvalue weighted by atomic mass is 16.1. The maximum atomic E-state index is 11.1. The van der Waals surface area contributed by atoms with E-state index >= 15 is 0 Å². The zero-order valence-corrected chi connectivity index (χ0v) is 10.3. The molecule has 0 radical (unpaired) electrons. The monoisotopic (exact) mass is 237 g/mol. The van der Waals surface area contributed by atoms with E-state index in [1.54, 1.807) is 0 Å². The van der Waals surface area contributed by atoms with Crippen molar-refractivity contribution < 1.29 is 0 Å². The summed E-state index contributed by atoms with van der Waals surface area (Å²) in [6.07, 6.45) is 1.42. The van der Waals surface area contributed by atoms with Gasteiger partial charge in [0.25, 0.3) is 5.56 Å². The van der Waals surface area contributed by atoms with Crippen molar-refractivity contribution in [1.82, 2.24) is 19.8 Å². The topological polar surface area (TPSA) is 64.3 Å². The fraction of sp³-hybridized carbons (Fsp3) is 0.636. The number of aromatic amines is 1. The van der Waals surface area contributed by atoms with Crippen LogP contribution < -0.4 is 10.9 Å². The molecule has 1 aliphatic heterocycles. The number of aromatic nitrogens is 2. The number of H-pyrrole nitrogens is 1. The molecule has 1 saturated heterocycles. The molecule has 0 amide bonds. The zero-order valence-electron chi connectivity index (χ0n) is 10.3. The van der Waals surface area contributed by atoms with Gasteiger partial charge in [-0.1, -0.05) is 0 Å². The van der Waals surface area contributed by atoms with Gasteiger partial charge in [-0.2, -0.15) is 0 Å². The summed E-state index contributed by atoms with van der Waals surface area (Å²) >= 11 is 0. The average Bonchev–Trinajstić information content (AvgIpc) is 2.30. The molecule has 0 saturated carbocycles. The van der Waals surface area contributed by atoms with Crippen molar-refractivity contribution in [3.8, 4) is 0 Å². The number of hydrogen-bond donors (Lipinski definition) is 2. The molecule has 1 fully saturated rings. The van der Waals surface area contributed by atoms with E-state index in [2.05, 4.69) is 39.2 Å². The van der Waals surface area contributed by atoms with E-state index in [1.165, 1.54) is 12.4 Å². The average molecular weight is 237 g/mol. The molecule has 17 heavy (non-hydrogen) atoms. The minimum Gasteiger partial charge on any atom is -0.368 e. The molecule has 94 valence electrons. The molecule has 6 nitrogen and oxygen atoms in total. The normalized spacial score (nSPS) is 22.6. The molecule has 0 aromatic carbocycles. The Balaban J connectivity index is 1.91. The van der Waals surface area contributed by atoms with Gasteiger partial charge in [0, 0.05) is 38.3 Å². The molecule has 0 aliphatic carbocycles. The summed E-state index contributed by atoms with van der Waals surface area (Å²) in [5.74, 6) is 0.635. The Hall–Kier alpha value is -1.40. The number of hydrogen-bond acceptors (Lipinski definition) is 5. The van der Waals surface area contributed by atoms with E-state index in [9.17, 15) is 4.79 Å². The van der Waals surface area contributed by atoms with Crippen LogP contribution in [0.3, 0.4) is 0 Å². The van der Waals surface area contributed by atoms with Crippen LogP contribution in [0.5, 0.6) is 0 Å². The van der Waals surface area contributed by atoms with Crippen LogP contribution in [-0.2, 0) is 0 Å². The highest BCUT2D eigenvalue weighted by Gasteiger charge is 2.21. The molecule has 1 aliphatic rings. The molecule has 0 spiro atoms. The minimum atomic E-state index is -0.128. The minimum absolute atomic E-state index is 0.128. The largest absolute Gasteiger partial charge is 0.368 e. The first-order valence-corrected chi connectivity index (χ1v) is 5.82. The van der Waals surface area contributed by atoms with Crippen LogP contribution in [0.4, 0.5) is 5.82 Å². The highest BCUT2D eigenvalue weighted by molar-refractivity contribution is 5.31. The predicted octanol–water partition coefficient (Wildman–Crippen LogP) is -0.572. The quantitative estimate of drug-likeness (QED) is 0.737. The lowest BCUT2D eigenvalue weighted by atomic mass is 10.2. The fourth-order valence-corrected chi connectivity index (χ4v) is 2.01. The molecule has 6 heteroatoms. The van der Waals surface area contributed by atoms with E-state index in [0.29, 0.717) is 11.9 Å². The Morgan fingerprint density at radius 2 is 2.35 bits per heavy atom. The molecule has 2 N–H and O–H groups in total. The maximum absolute atomic E-state index is 11.1. The van der Waals surface area contributed by atoms with Crippen LogP contribution >= 0.6 is 0 Å². The first-order valence-electron chi connectivity index (χ1n) is 5.82. The summed E-state index contributed by atoms with van der Waals surface area (Å²) in [6.45, 7) is 4.02. The van der Waals surface area contributed by atoms with Crippen molar-refractivity contribution in [1.29, 1.82) is 0 Å². The van der Waals surface area contributed by atoms with E-state index in [1.807, 2.05) is 0 Å². The summed E-state index contributed by atoms with van der Waals surface area (Å²) in [7, 11) is 4.26. The van der Waals surface area contributed by atoms with Gasteiger partial charge >= 0.3 is 0 Å². The molecule has 1 aromatic heterocycles. The highest BCUT2D eigenvalue weighted by Crippen LogP contribution is 2.06. The van der Waals surface area contributed by atoms with Crippen LogP contribution in [0.15, 0.2) is 17.2 Å². The molecule has 1 aromatic rings. The van der Waals surface area contributed by atoms with E-state index in [0.717, 1.165) is 26.2 Å². The van der Waals surface area contributed by atoms with Crippen molar-refractivity contribution >= 4 is 5.82 Å². The molecule has 2 rings (SSSR count). The number of anilines is 1. The summed E-state index contributed by atoms with van der Waals surface area (Å²) in [5.41, 5.74) is -0.128. The number of nitrogens with zero attached hydrogens (tertiary/aromatic N) is 3. The molecule has 2 heterocycles. The third kappa shape index (κ3) is 3.28. The zero-order chi connectivity index (χ0) is 12.3. The Kier molecular flexibility index (Phi) is 3.75. The summed E-state index contributed by atoms with van der Waals surface area (Å²) < 4.78 is 0. The van der Waals surface area contributed by atoms with Gasteiger partial charge in [0.2, 0.25) is 0 Å². The second-order valence-electron chi connectivity index (χ2n) is 4.57. The third-order valence-corrected chi connectivity index (χ3v) is 3.18. The standard InChI is InChI=1S/C11H19N5O/c1-15-3-4-16(2)9(7-15)6-12-10-5-11(17)14-8-13-10/h5,8-9H,3-4,6-7H2,1-2H3,(H2,12,13,14,17). The molecule has 1 unspecified atom stereocenters. The maximum Gasteiger partial charge on any atom is 0.252 e. The Labute approximate surface area is 101 Å². The summed E-state index contributed by atoms with van der Waals surface area (Å²) in [6, 6.07) is 1.93. The predicted molar refractivity (Wildman–Crippen MR) is 67.3 cm³/mol. The van der Waals surface area contributed by atoms with Crippen molar-refractivity contribution in [2.75, 3.05) is 45.6 Å². The van der Waals surface area contributed by atoms with Crippen molar-refractivity contribution in [3.63, 3.8) is 0 Å². The molecule has 0 bridgehead atoms. The smallest absolute Gasteiger partial charge is 0.252 e. The number of rotatable bonds is 3. The van der Waals surface area contributed by atoms with Gasteiger partial charge in [0.1, 0.15) is 5.82 Å². The second-order valence-corrected chi connectivity index (χ2v) is 4.57. The van der Waals surface area contributed by atoms with Gasteiger partial charge in [0.05, 0.1) is 6.33 Å². The lowest BCUT2D eigenvalue weighted by Gasteiger charge is -2.37. The lowest BCUT2D eigenvalue weighted by molar-refractivity contribution is 0.122. The van der Waals surface area contributed by atoms with Crippen LogP contribution in [0.1, 0.15) is 0 Å². The Bertz CT molecular complexity index is 418. The number of likely N-dealkylation sites (N-methyl/N-ethyl adjacent to an activating group) is 2. The van der Waals surface area contributed by atoms with Crippen LogP contribution in [0.25, 0.3) is 0 Å². The third-order valence-electron chi connectivity index (χ3n) is 3.18. The lowest BCUT2D eigenvalue weighted by Crippen LogP contribution is -2.52. The fourth-order valence-electron chi connectivity index (χ4n) is 2.01. The van der Waals surface area contributed by atoms with Crippen molar-refractivity contribution in [2.45, 2.75) is 6.04 Å². The van der Waals surface area contributed by atoms with Crippen LogP contribution in [-0.4, -0.2) is 66.1 Å². The van der Waals surface area contributed by atoms with Gasteiger partial charge in [-0.15, -0.1) is 0 Å². The van der Waals surface area contributed by atoms with E-state index < -0.39 is 0 Å². The van der Waals surface area contributed by atoms with Gasteiger partial charge in [-0.3, -0.25) is 9.69 Å². The Morgan fingerprint density at radius 3 is 3.12 bits per heavy atom. The molecular weight excluding hydrogens is 218 g/mol. The summed E-state index contributed by atoms with van der Waals surface area (Å²) in [4.78, 5) is 22.3. The van der Waals surface area contributed by atoms with Crippen LogP contribution in [0.2, 0.25) is 0 Å². The first kappa shape index (κ1) is 12.1. The molecule has 1 atom stereocenters. The summed E-state index contributed by atoms with van der Waals surface area (Å²) in [5, 5.41) is 3.21. The Morgan fingerprint density at radius 1 is 1.53 bits per heavy atom. The second kappa shape index (κ2) is 5.29. The van der Waals surface area contributed by atoms with Gasteiger partial charge in [0.15, 0.2) is 0 Å². The number of nitrogens with one attached hydrogen (secondary N) is 2. The first-order chi connectivity index (χ1) is 8.15. The van der Waals surface area contributed by atoms with E-state index in [-0.39, 0.29) is 5.56 Å². The van der Waals surface area contributed by atoms with E-state index in [4.69, 9.17) is 0 Å². The van der Waals surface area contributed by atoms with Crippen molar-refractivity contribution in [3.05, 3.63) is 22.7 Å².